The van der Waals surface area contributed by atoms with Crippen molar-refractivity contribution in [3.05, 3.63) is 0 Å². The van der Waals surface area contributed by atoms with Crippen molar-refractivity contribution < 1.29 is 0 Å². The van der Waals surface area contributed by atoms with E-state index in [-0.39, 0.29) is 0 Å². The molecule has 0 radical (unpaired) electrons. The predicted octanol–water partition coefficient (Wildman–Crippen LogP) is 0.941. The standard InChI is InChI=1S/C11H20N2/c1-3-6-12-7-10-13-8-4-11(2)5-9-13/h1,11-12H,4-10H2,2H3. The summed E-state index contributed by atoms with van der Waals surface area (Å²) in [5, 5.41) is 3.22. The summed E-state index contributed by atoms with van der Waals surface area (Å²) >= 11 is 0. The molecule has 0 saturated carbocycles. The summed E-state index contributed by atoms with van der Waals surface area (Å²) in [6.45, 7) is 7.74. The second-order valence-corrected chi connectivity index (χ2v) is 3.91. The maximum absolute atomic E-state index is 5.14. The summed E-state index contributed by atoms with van der Waals surface area (Å²) < 4.78 is 0. The van der Waals surface area contributed by atoms with Crippen LogP contribution < -0.4 is 5.32 Å². The highest BCUT2D eigenvalue weighted by Gasteiger charge is 2.14. The third kappa shape index (κ3) is 4.31. The minimum atomic E-state index is 0.699. The lowest BCUT2D eigenvalue weighted by molar-refractivity contribution is 0.194. The maximum atomic E-state index is 5.14. The molecule has 0 aromatic rings. The van der Waals surface area contributed by atoms with Gasteiger partial charge < -0.3 is 10.2 Å². The highest BCUT2D eigenvalue weighted by Crippen LogP contribution is 2.14. The monoisotopic (exact) mass is 180 g/mol. The first-order chi connectivity index (χ1) is 6.33. The number of nitrogens with zero attached hydrogens (tertiary/aromatic N) is 1. The van der Waals surface area contributed by atoms with Gasteiger partial charge in [-0.2, -0.15) is 0 Å². The summed E-state index contributed by atoms with van der Waals surface area (Å²) in [7, 11) is 0. The fourth-order valence-corrected chi connectivity index (χ4v) is 1.68. The minimum absolute atomic E-state index is 0.699. The average molecular weight is 180 g/mol. The van der Waals surface area contributed by atoms with Crippen LogP contribution in [0.3, 0.4) is 0 Å². The first-order valence-corrected chi connectivity index (χ1v) is 5.19. The van der Waals surface area contributed by atoms with Crippen LogP contribution >= 0.6 is 0 Å². The largest absolute Gasteiger partial charge is 0.305 e. The zero-order chi connectivity index (χ0) is 9.52. The number of hydrogen-bond acceptors (Lipinski definition) is 2. The van der Waals surface area contributed by atoms with Crippen LogP contribution in [0.4, 0.5) is 0 Å². The van der Waals surface area contributed by atoms with Crippen LogP contribution in [0.5, 0.6) is 0 Å². The Morgan fingerprint density at radius 3 is 2.77 bits per heavy atom. The van der Waals surface area contributed by atoms with Crippen molar-refractivity contribution in [1.82, 2.24) is 10.2 Å². The molecule has 1 aliphatic heterocycles. The molecule has 0 spiro atoms. The second-order valence-electron chi connectivity index (χ2n) is 3.91. The van der Waals surface area contributed by atoms with Crippen molar-refractivity contribution in [1.29, 1.82) is 0 Å². The van der Waals surface area contributed by atoms with Crippen LogP contribution in [-0.4, -0.2) is 37.6 Å². The van der Waals surface area contributed by atoms with Gasteiger partial charge in [0.2, 0.25) is 0 Å². The molecule has 1 fully saturated rings. The summed E-state index contributed by atoms with van der Waals surface area (Å²) in [4.78, 5) is 2.52. The molecule has 0 unspecified atom stereocenters. The molecule has 1 saturated heterocycles. The summed E-state index contributed by atoms with van der Waals surface area (Å²) in [6, 6.07) is 0. The predicted molar refractivity (Wildman–Crippen MR) is 56.5 cm³/mol. The molecule has 1 N–H and O–H groups in total. The van der Waals surface area contributed by atoms with Gasteiger partial charge in [0.15, 0.2) is 0 Å². The van der Waals surface area contributed by atoms with Gasteiger partial charge in [-0.25, -0.2) is 0 Å². The summed E-state index contributed by atoms with van der Waals surface area (Å²) in [6.07, 6.45) is 7.85. The number of piperidine rings is 1. The Morgan fingerprint density at radius 2 is 2.15 bits per heavy atom. The van der Waals surface area contributed by atoms with Crippen LogP contribution in [-0.2, 0) is 0 Å². The van der Waals surface area contributed by atoms with Gasteiger partial charge in [0.1, 0.15) is 0 Å². The van der Waals surface area contributed by atoms with E-state index in [4.69, 9.17) is 6.42 Å². The fraction of sp³-hybridized carbons (Fsp3) is 0.818. The highest BCUT2D eigenvalue weighted by molar-refractivity contribution is 4.86. The summed E-state index contributed by atoms with van der Waals surface area (Å²) in [5.41, 5.74) is 0. The second kappa shape index (κ2) is 6.01. The molecule has 2 heteroatoms. The molecule has 0 bridgehead atoms. The molecular formula is C11H20N2. The first-order valence-electron chi connectivity index (χ1n) is 5.19. The van der Waals surface area contributed by atoms with Crippen LogP contribution in [0.2, 0.25) is 0 Å². The van der Waals surface area contributed by atoms with Gasteiger partial charge in [-0.1, -0.05) is 12.8 Å². The van der Waals surface area contributed by atoms with Crippen molar-refractivity contribution >= 4 is 0 Å². The van der Waals surface area contributed by atoms with Crippen molar-refractivity contribution in [2.24, 2.45) is 5.92 Å². The Bertz CT molecular complexity index is 163. The molecule has 0 amide bonds. The Balaban J connectivity index is 2.00. The molecule has 74 valence electrons. The number of hydrogen-bond donors (Lipinski definition) is 1. The first kappa shape index (κ1) is 10.6. The molecule has 0 aliphatic carbocycles. The molecule has 1 heterocycles. The molecule has 0 aromatic heterocycles. The number of likely N-dealkylation sites (tertiary alicyclic amines) is 1. The molecule has 1 rings (SSSR count). The van der Waals surface area contributed by atoms with Gasteiger partial charge in [0.05, 0.1) is 6.54 Å². The van der Waals surface area contributed by atoms with E-state index in [1.807, 2.05) is 0 Å². The zero-order valence-electron chi connectivity index (χ0n) is 8.55. The quantitative estimate of drug-likeness (QED) is 0.512. The van der Waals surface area contributed by atoms with Crippen molar-refractivity contribution in [2.45, 2.75) is 19.8 Å². The van der Waals surface area contributed by atoms with E-state index in [2.05, 4.69) is 23.1 Å². The molecule has 13 heavy (non-hydrogen) atoms. The van der Waals surface area contributed by atoms with Gasteiger partial charge in [-0.15, -0.1) is 6.42 Å². The van der Waals surface area contributed by atoms with Crippen molar-refractivity contribution in [3.8, 4) is 12.3 Å². The van der Waals surface area contributed by atoms with Crippen molar-refractivity contribution in [3.63, 3.8) is 0 Å². The van der Waals surface area contributed by atoms with E-state index < -0.39 is 0 Å². The zero-order valence-corrected chi connectivity index (χ0v) is 8.55. The number of nitrogens with one attached hydrogen (secondary N) is 1. The Hall–Kier alpha value is -0.520. The SMILES string of the molecule is C#CCNCCN1CCC(C)CC1. The normalized spacial score (nSPS) is 20.0. The maximum Gasteiger partial charge on any atom is 0.0574 e. The van der Waals surface area contributed by atoms with Gasteiger partial charge in [-0.05, 0) is 31.8 Å². The number of terminal acetylenes is 1. The van der Waals surface area contributed by atoms with E-state index in [0.717, 1.165) is 19.0 Å². The third-order valence-electron chi connectivity index (χ3n) is 2.71. The molecule has 0 aromatic carbocycles. The van der Waals surface area contributed by atoms with Crippen LogP contribution in [0.1, 0.15) is 19.8 Å². The lowest BCUT2D eigenvalue weighted by atomic mass is 9.99. The minimum Gasteiger partial charge on any atom is -0.305 e. The summed E-state index contributed by atoms with van der Waals surface area (Å²) in [5.74, 6) is 3.51. The van der Waals surface area contributed by atoms with E-state index in [1.165, 1.54) is 25.9 Å². The van der Waals surface area contributed by atoms with Crippen LogP contribution in [0.25, 0.3) is 0 Å². The van der Waals surface area contributed by atoms with E-state index in [0.29, 0.717) is 6.54 Å². The van der Waals surface area contributed by atoms with E-state index in [1.54, 1.807) is 0 Å². The van der Waals surface area contributed by atoms with Gasteiger partial charge in [0, 0.05) is 13.1 Å². The topological polar surface area (TPSA) is 15.3 Å². The van der Waals surface area contributed by atoms with Crippen molar-refractivity contribution in [2.75, 3.05) is 32.7 Å². The Kier molecular flexibility index (Phi) is 4.88. The Labute approximate surface area is 81.7 Å². The van der Waals surface area contributed by atoms with Gasteiger partial charge in [0.25, 0.3) is 0 Å². The van der Waals surface area contributed by atoms with E-state index >= 15 is 0 Å². The Morgan fingerprint density at radius 1 is 1.46 bits per heavy atom. The molecular weight excluding hydrogens is 160 g/mol. The average Bonchev–Trinajstić information content (AvgIpc) is 2.15. The van der Waals surface area contributed by atoms with Gasteiger partial charge >= 0.3 is 0 Å². The van der Waals surface area contributed by atoms with Crippen LogP contribution in [0, 0.1) is 18.3 Å². The fourth-order valence-electron chi connectivity index (χ4n) is 1.68. The van der Waals surface area contributed by atoms with Gasteiger partial charge in [-0.3, -0.25) is 0 Å². The number of rotatable bonds is 4. The molecule has 0 atom stereocenters. The third-order valence-corrected chi connectivity index (χ3v) is 2.71. The molecule has 1 aliphatic rings. The molecule has 2 nitrogen and oxygen atoms in total. The van der Waals surface area contributed by atoms with Crippen LogP contribution in [0.15, 0.2) is 0 Å². The van der Waals surface area contributed by atoms with E-state index in [9.17, 15) is 0 Å². The lowest BCUT2D eigenvalue weighted by Gasteiger charge is -2.30. The highest BCUT2D eigenvalue weighted by atomic mass is 15.1. The smallest absolute Gasteiger partial charge is 0.0574 e. The lowest BCUT2D eigenvalue weighted by Crippen LogP contribution is -2.37.